The fourth-order valence-corrected chi connectivity index (χ4v) is 2.36. The highest BCUT2D eigenvalue weighted by atomic mass is 35.5. The quantitative estimate of drug-likeness (QED) is 0.633. The minimum absolute atomic E-state index is 0.158. The van der Waals surface area contributed by atoms with E-state index in [0.717, 1.165) is 10.9 Å². The Morgan fingerprint density at radius 1 is 1.00 bits per heavy atom. The number of phenolic OH excluding ortho intramolecular Hbond substituents is 2. The van der Waals surface area contributed by atoms with E-state index in [1.54, 1.807) is 24.3 Å². The second-order valence-corrected chi connectivity index (χ2v) is 5.13. The van der Waals surface area contributed by atoms with Crippen molar-refractivity contribution in [3.8, 4) is 11.5 Å². The van der Waals surface area contributed by atoms with Crippen LogP contribution in [0.5, 0.6) is 11.5 Å². The third-order valence-corrected chi connectivity index (χ3v) is 3.40. The van der Waals surface area contributed by atoms with Gasteiger partial charge in [0.05, 0.1) is 11.2 Å². The smallest absolute Gasteiger partial charge is 0.220 e. The number of anilines is 1. The number of halogens is 1. The van der Waals surface area contributed by atoms with Crippen LogP contribution in [0.2, 0.25) is 5.02 Å². The van der Waals surface area contributed by atoms with Crippen molar-refractivity contribution < 1.29 is 10.2 Å². The van der Waals surface area contributed by atoms with Gasteiger partial charge in [0.25, 0.3) is 0 Å². The highest BCUT2D eigenvalue weighted by molar-refractivity contribution is 6.31. The minimum atomic E-state index is -0.170. The van der Waals surface area contributed by atoms with E-state index in [9.17, 15) is 10.2 Å². The topological polar surface area (TPSA) is 92.3 Å². The van der Waals surface area contributed by atoms with Crippen LogP contribution in [-0.2, 0) is 6.42 Å². The Morgan fingerprint density at radius 3 is 2.57 bits per heavy atom. The summed E-state index contributed by atoms with van der Waals surface area (Å²) in [5.74, 6) is -0.145. The number of rotatable bonds is 2. The molecule has 0 amide bonds. The lowest BCUT2D eigenvalue weighted by Gasteiger charge is -2.08. The van der Waals surface area contributed by atoms with Crippen molar-refractivity contribution in [1.29, 1.82) is 0 Å². The number of phenols is 2. The van der Waals surface area contributed by atoms with Crippen LogP contribution in [0.1, 0.15) is 11.3 Å². The molecule has 0 saturated heterocycles. The summed E-state index contributed by atoms with van der Waals surface area (Å²) in [6, 6.07) is 9.95. The Bertz CT molecular complexity index is 837. The lowest BCUT2D eigenvalue weighted by molar-refractivity contribution is 0.403. The number of aromatic hydroxyl groups is 2. The normalized spacial score (nSPS) is 10.9. The second kappa shape index (κ2) is 5.10. The third kappa shape index (κ3) is 2.68. The molecule has 0 radical (unpaired) electrons. The van der Waals surface area contributed by atoms with Crippen LogP contribution in [0.4, 0.5) is 5.95 Å². The van der Waals surface area contributed by atoms with Gasteiger partial charge in [-0.3, -0.25) is 0 Å². The first-order chi connectivity index (χ1) is 10.0. The molecule has 0 atom stereocenters. The Morgan fingerprint density at radius 2 is 1.81 bits per heavy atom. The molecular formula is C15H12ClN3O2. The predicted molar refractivity (Wildman–Crippen MR) is 81.5 cm³/mol. The Kier molecular flexibility index (Phi) is 3.27. The minimum Gasteiger partial charge on any atom is -0.504 e. The maximum atomic E-state index is 9.56. The van der Waals surface area contributed by atoms with E-state index in [4.69, 9.17) is 17.3 Å². The molecular weight excluding hydrogens is 290 g/mol. The van der Waals surface area contributed by atoms with Gasteiger partial charge in [-0.1, -0.05) is 17.7 Å². The molecule has 3 aromatic rings. The Hall–Kier alpha value is -2.53. The van der Waals surface area contributed by atoms with Crippen molar-refractivity contribution in [1.82, 2.24) is 9.97 Å². The van der Waals surface area contributed by atoms with E-state index < -0.39 is 0 Å². The van der Waals surface area contributed by atoms with Crippen LogP contribution in [0, 0.1) is 0 Å². The first kappa shape index (κ1) is 13.5. The molecule has 5 nitrogen and oxygen atoms in total. The fourth-order valence-electron chi connectivity index (χ4n) is 2.19. The van der Waals surface area contributed by atoms with E-state index >= 15 is 0 Å². The van der Waals surface area contributed by atoms with Gasteiger partial charge < -0.3 is 15.9 Å². The number of benzene rings is 2. The van der Waals surface area contributed by atoms with Gasteiger partial charge in [0.1, 0.15) is 0 Å². The number of hydrogen-bond acceptors (Lipinski definition) is 5. The van der Waals surface area contributed by atoms with Crippen molar-refractivity contribution >= 4 is 28.5 Å². The van der Waals surface area contributed by atoms with Crippen LogP contribution in [0.3, 0.4) is 0 Å². The number of fused-ring (bicyclic) bond motifs is 1. The zero-order chi connectivity index (χ0) is 15.0. The first-order valence-corrected chi connectivity index (χ1v) is 6.63. The average Bonchev–Trinajstić information content (AvgIpc) is 2.43. The largest absolute Gasteiger partial charge is 0.504 e. The van der Waals surface area contributed by atoms with Crippen molar-refractivity contribution in [2.45, 2.75) is 6.42 Å². The molecule has 1 heterocycles. The molecule has 0 spiro atoms. The van der Waals surface area contributed by atoms with Crippen LogP contribution in [0.25, 0.3) is 10.9 Å². The summed E-state index contributed by atoms with van der Waals surface area (Å²) in [5, 5.41) is 20.3. The molecule has 0 bridgehead atoms. The predicted octanol–water partition coefficient (Wildman–Crippen LogP) is 2.87. The number of nitrogen functional groups attached to an aromatic ring is 1. The van der Waals surface area contributed by atoms with Gasteiger partial charge in [-0.25, -0.2) is 9.97 Å². The summed E-state index contributed by atoms with van der Waals surface area (Å²) in [7, 11) is 0. The van der Waals surface area contributed by atoms with Gasteiger partial charge in [0, 0.05) is 16.8 Å². The number of aromatic nitrogens is 2. The van der Waals surface area contributed by atoms with Crippen molar-refractivity contribution in [3.05, 3.63) is 52.7 Å². The number of nitrogens with two attached hydrogens (primary N) is 1. The molecule has 0 aliphatic rings. The maximum absolute atomic E-state index is 9.56. The van der Waals surface area contributed by atoms with Gasteiger partial charge in [0.2, 0.25) is 5.95 Å². The van der Waals surface area contributed by atoms with Crippen LogP contribution < -0.4 is 5.73 Å². The third-order valence-electron chi connectivity index (χ3n) is 3.17. The molecule has 0 aliphatic carbocycles. The molecule has 0 unspecified atom stereocenters. The monoisotopic (exact) mass is 301 g/mol. The maximum Gasteiger partial charge on any atom is 0.220 e. The Balaban J connectivity index is 2.10. The molecule has 0 aliphatic heterocycles. The SMILES string of the molecule is Nc1nc(Cc2ccc(O)c(O)c2)c2cc(Cl)ccc2n1. The van der Waals surface area contributed by atoms with Crippen molar-refractivity contribution in [2.24, 2.45) is 0 Å². The van der Waals surface area contributed by atoms with Gasteiger partial charge in [-0.15, -0.1) is 0 Å². The van der Waals surface area contributed by atoms with Crippen molar-refractivity contribution in [3.63, 3.8) is 0 Å². The van der Waals surface area contributed by atoms with E-state index in [0.29, 0.717) is 22.7 Å². The lowest BCUT2D eigenvalue weighted by atomic mass is 10.1. The molecule has 0 saturated carbocycles. The summed E-state index contributed by atoms with van der Waals surface area (Å²) in [6.45, 7) is 0. The fraction of sp³-hybridized carbons (Fsp3) is 0.0667. The zero-order valence-corrected chi connectivity index (χ0v) is 11.7. The molecule has 21 heavy (non-hydrogen) atoms. The molecule has 1 aromatic heterocycles. The van der Waals surface area contributed by atoms with Gasteiger partial charge in [-0.05, 0) is 35.9 Å². The van der Waals surface area contributed by atoms with E-state index in [2.05, 4.69) is 9.97 Å². The molecule has 4 N–H and O–H groups in total. The zero-order valence-electron chi connectivity index (χ0n) is 10.9. The summed E-state index contributed by atoms with van der Waals surface area (Å²) in [6.07, 6.45) is 0.442. The average molecular weight is 302 g/mol. The summed E-state index contributed by atoms with van der Waals surface area (Å²) < 4.78 is 0. The van der Waals surface area contributed by atoms with E-state index in [1.165, 1.54) is 12.1 Å². The number of hydrogen-bond donors (Lipinski definition) is 3. The van der Waals surface area contributed by atoms with E-state index in [1.807, 2.05) is 0 Å². The summed E-state index contributed by atoms with van der Waals surface area (Å²) in [5.41, 5.74) is 7.95. The lowest BCUT2D eigenvalue weighted by Crippen LogP contribution is -2.01. The van der Waals surface area contributed by atoms with Crippen LogP contribution in [-0.4, -0.2) is 20.2 Å². The van der Waals surface area contributed by atoms with Crippen molar-refractivity contribution in [2.75, 3.05) is 5.73 Å². The highest BCUT2D eigenvalue weighted by Crippen LogP contribution is 2.28. The molecule has 0 fully saturated rings. The summed E-state index contributed by atoms with van der Waals surface area (Å²) in [4.78, 5) is 8.42. The molecule has 2 aromatic carbocycles. The first-order valence-electron chi connectivity index (χ1n) is 6.25. The van der Waals surface area contributed by atoms with Crippen LogP contribution >= 0.6 is 11.6 Å². The van der Waals surface area contributed by atoms with Gasteiger partial charge in [0.15, 0.2) is 11.5 Å². The molecule has 106 valence electrons. The molecule has 6 heteroatoms. The van der Waals surface area contributed by atoms with Gasteiger partial charge in [-0.2, -0.15) is 0 Å². The van der Waals surface area contributed by atoms with E-state index in [-0.39, 0.29) is 17.4 Å². The molecule has 3 rings (SSSR count). The van der Waals surface area contributed by atoms with Crippen LogP contribution in [0.15, 0.2) is 36.4 Å². The standard InChI is InChI=1S/C15H12ClN3O2/c16-9-2-3-11-10(7-9)12(19-15(17)18-11)5-8-1-4-13(20)14(21)6-8/h1-4,6-7,20-21H,5H2,(H2,17,18,19). The number of nitrogens with zero attached hydrogens (tertiary/aromatic N) is 2. The highest BCUT2D eigenvalue weighted by Gasteiger charge is 2.09. The Labute approximate surface area is 125 Å². The summed E-state index contributed by atoms with van der Waals surface area (Å²) >= 11 is 6.02. The van der Waals surface area contributed by atoms with Gasteiger partial charge >= 0.3 is 0 Å². The second-order valence-electron chi connectivity index (χ2n) is 4.69.